The second-order valence-corrected chi connectivity index (χ2v) is 11.5. The lowest BCUT2D eigenvalue weighted by Crippen LogP contribution is -2.31. The van der Waals surface area contributed by atoms with Crippen molar-refractivity contribution in [3.63, 3.8) is 0 Å². The Kier molecular flexibility index (Phi) is 7.40. The highest BCUT2D eigenvalue weighted by Gasteiger charge is 2.26. The maximum Gasteiger partial charge on any atom is 0.412 e. The Morgan fingerprint density at radius 2 is 1.74 bits per heavy atom. The zero-order valence-corrected chi connectivity index (χ0v) is 22.2. The van der Waals surface area contributed by atoms with Crippen LogP contribution >= 0.6 is 0 Å². The van der Waals surface area contributed by atoms with E-state index in [0.29, 0.717) is 33.5 Å². The van der Waals surface area contributed by atoms with Crippen molar-refractivity contribution in [2.75, 3.05) is 16.3 Å². The molecule has 38 heavy (non-hydrogen) atoms. The fraction of sp³-hybridized carbons (Fsp3) is 0.222. The van der Waals surface area contributed by atoms with Crippen molar-refractivity contribution < 1.29 is 27.6 Å². The van der Waals surface area contributed by atoms with Crippen LogP contribution in [0.5, 0.6) is 0 Å². The van der Waals surface area contributed by atoms with Gasteiger partial charge in [0.1, 0.15) is 6.61 Å². The molecule has 0 saturated heterocycles. The van der Waals surface area contributed by atoms with Gasteiger partial charge >= 0.3 is 12.1 Å². The molecule has 1 amide bonds. The number of hydrogen-bond acceptors (Lipinski definition) is 7. The molecule has 4 rings (SSSR count). The highest BCUT2D eigenvalue weighted by molar-refractivity contribution is 7.92. The van der Waals surface area contributed by atoms with Crippen LogP contribution in [0.2, 0.25) is 0 Å². The Morgan fingerprint density at radius 3 is 2.42 bits per heavy atom. The van der Waals surface area contributed by atoms with Gasteiger partial charge in [0.25, 0.3) is 0 Å². The van der Waals surface area contributed by atoms with E-state index >= 15 is 0 Å². The van der Waals surface area contributed by atoms with Crippen molar-refractivity contribution in [1.29, 1.82) is 0 Å². The third-order valence-corrected chi connectivity index (χ3v) is 5.95. The van der Waals surface area contributed by atoms with Crippen LogP contribution in [0.3, 0.4) is 0 Å². The van der Waals surface area contributed by atoms with E-state index in [1.165, 1.54) is 10.9 Å². The molecule has 198 valence electrons. The molecule has 0 radical (unpaired) electrons. The lowest BCUT2D eigenvalue weighted by Gasteiger charge is -2.16. The molecule has 0 spiro atoms. The smallest absolute Gasteiger partial charge is 0.412 e. The monoisotopic (exact) mass is 536 g/mol. The van der Waals surface area contributed by atoms with Crippen molar-refractivity contribution in [2.45, 2.75) is 27.4 Å². The molecule has 0 atom stereocenters. The predicted molar refractivity (Wildman–Crippen MR) is 145 cm³/mol. The van der Waals surface area contributed by atoms with Crippen molar-refractivity contribution in [2.24, 2.45) is 5.41 Å². The van der Waals surface area contributed by atoms with Gasteiger partial charge < -0.3 is 9.57 Å². The Morgan fingerprint density at radius 1 is 1.00 bits per heavy atom. The van der Waals surface area contributed by atoms with Gasteiger partial charge in [0.2, 0.25) is 10.0 Å². The molecule has 2 aromatic carbocycles. The van der Waals surface area contributed by atoms with E-state index in [0.717, 1.165) is 11.8 Å². The Bertz CT molecular complexity index is 1590. The average Bonchev–Trinajstić information content (AvgIpc) is 3.19. The molecule has 2 aromatic heterocycles. The quantitative estimate of drug-likeness (QED) is 0.346. The Labute approximate surface area is 220 Å². The number of anilines is 2. The van der Waals surface area contributed by atoms with Crippen LogP contribution in [0, 0.1) is 5.41 Å². The standard InChI is InChI=1S/C27H28N4O6S/c1-27(2,3)25(32)37-31-16-23(19-11-8-12-20(13-19)30-38(4,34)35)22-14-21(15-28-24(22)31)29-26(33)36-17-18-9-6-5-7-10-18/h5-16,30H,17H2,1-4H3,(H,29,33). The van der Waals surface area contributed by atoms with E-state index < -0.39 is 27.5 Å². The van der Waals surface area contributed by atoms with Crippen LogP contribution < -0.4 is 14.9 Å². The summed E-state index contributed by atoms with van der Waals surface area (Å²) in [5.74, 6) is -0.470. The predicted octanol–water partition coefficient (Wildman–Crippen LogP) is 4.82. The van der Waals surface area contributed by atoms with E-state index in [-0.39, 0.29) is 6.61 Å². The number of pyridine rings is 1. The number of ether oxygens (including phenoxy) is 1. The topological polar surface area (TPSA) is 129 Å². The average molecular weight is 537 g/mol. The summed E-state index contributed by atoms with van der Waals surface area (Å²) in [5, 5.41) is 3.23. The number of sulfonamides is 1. The van der Waals surface area contributed by atoms with E-state index in [1.807, 2.05) is 30.3 Å². The van der Waals surface area contributed by atoms with Gasteiger partial charge in [-0.1, -0.05) is 42.5 Å². The first-order chi connectivity index (χ1) is 17.9. The van der Waals surface area contributed by atoms with Gasteiger partial charge in [-0.25, -0.2) is 23.0 Å². The van der Waals surface area contributed by atoms with E-state index in [4.69, 9.17) is 9.57 Å². The summed E-state index contributed by atoms with van der Waals surface area (Å²) in [5.41, 5.74) is 2.39. The molecule has 0 aliphatic rings. The summed E-state index contributed by atoms with van der Waals surface area (Å²) in [6.45, 7) is 5.31. The molecule has 0 saturated carbocycles. The fourth-order valence-corrected chi connectivity index (χ4v) is 4.07. The maximum absolute atomic E-state index is 12.6. The molecule has 2 heterocycles. The zero-order chi connectivity index (χ0) is 27.5. The SMILES string of the molecule is CC(C)(C)C(=O)On1cc(-c2cccc(NS(C)(=O)=O)c2)c2cc(NC(=O)OCc3ccccc3)cnc21. The summed E-state index contributed by atoms with van der Waals surface area (Å²) in [7, 11) is -3.49. The van der Waals surface area contributed by atoms with Crippen LogP contribution in [0.1, 0.15) is 26.3 Å². The van der Waals surface area contributed by atoms with E-state index in [2.05, 4.69) is 15.0 Å². The number of nitrogens with one attached hydrogen (secondary N) is 2. The lowest BCUT2D eigenvalue weighted by molar-refractivity contribution is -0.152. The highest BCUT2D eigenvalue weighted by atomic mass is 32.2. The highest BCUT2D eigenvalue weighted by Crippen LogP contribution is 2.33. The normalized spacial score (nSPS) is 11.7. The zero-order valence-electron chi connectivity index (χ0n) is 21.4. The number of nitrogens with zero attached hydrogens (tertiary/aromatic N) is 2. The summed E-state index contributed by atoms with van der Waals surface area (Å²) in [4.78, 5) is 35.1. The van der Waals surface area contributed by atoms with Crippen molar-refractivity contribution in [3.8, 4) is 11.1 Å². The minimum Gasteiger partial charge on any atom is -0.444 e. The number of carbonyl (C=O) groups excluding carboxylic acids is 2. The molecule has 0 unspecified atom stereocenters. The van der Waals surface area contributed by atoms with Crippen molar-refractivity contribution in [1.82, 2.24) is 9.71 Å². The summed E-state index contributed by atoms with van der Waals surface area (Å²) in [6.07, 6.45) is 3.43. The van der Waals surface area contributed by atoms with Crippen LogP contribution in [-0.2, 0) is 26.2 Å². The number of fused-ring (bicyclic) bond motifs is 1. The summed E-state index contributed by atoms with van der Waals surface area (Å²) in [6, 6.07) is 17.7. The second-order valence-electron chi connectivity index (χ2n) is 9.73. The largest absolute Gasteiger partial charge is 0.444 e. The number of amides is 1. The van der Waals surface area contributed by atoms with Crippen LogP contribution in [-0.4, -0.2) is 36.5 Å². The van der Waals surface area contributed by atoms with E-state index in [9.17, 15) is 18.0 Å². The second kappa shape index (κ2) is 10.5. The Balaban J connectivity index is 1.69. The van der Waals surface area contributed by atoms with Crippen LogP contribution in [0.25, 0.3) is 22.2 Å². The summed E-state index contributed by atoms with van der Waals surface area (Å²) < 4.78 is 32.5. The lowest BCUT2D eigenvalue weighted by atomic mass is 9.98. The van der Waals surface area contributed by atoms with Crippen LogP contribution in [0.4, 0.5) is 16.2 Å². The van der Waals surface area contributed by atoms with Gasteiger partial charge in [0.15, 0.2) is 5.65 Å². The number of hydrogen-bond donors (Lipinski definition) is 2. The number of carbonyl (C=O) groups is 2. The maximum atomic E-state index is 12.6. The molecule has 0 aliphatic heterocycles. The molecule has 11 heteroatoms. The molecule has 2 N–H and O–H groups in total. The molecular formula is C27H28N4O6S. The van der Waals surface area contributed by atoms with Gasteiger partial charge in [-0.05, 0) is 50.1 Å². The third kappa shape index (κ3) is 6.68. The molecule has 0 fully saturated rings. The van der Waals surface area contributed by atoms with Crippen LogP contribution in [0.15, 0.2) is 73.1 Å². The molecule has 4 aromatic rings. The van der Waals surface area contributed by atoms with Gasteiger partial charge in [-0.3, -0.25) is 10.0 Å². The number of benzene rings is 2. The third-order valence-electron chi connectivity index (χ3n) is 5.34. The fourth-order valence-electron chi connectivity index (χ4n) is 3.51. The first-order valence-electron chi connectivity index (χ1n) is 11.7. The molecule has 0 aliphatic carbocycles. The molecular weight excluding hydrogens is 508 g/mol. The minimum absolute atomic E-state index is 0.104. The van der Waals surface area contributed by atoms with Crippen molar-refractivity contribution >= 4 is 44.5 Å². The van der Waals surface area contributed by atoms with Gasteiger partial charge in [-0.15, -0.1) is 0 Å². The van der Waals surface area contributed by atoms with Gasteiger partial charge in [0.05, 0.1) is 29.8 Å². The number of rotatable bonds is 7. The van der Waals surface area contributed by atoms with E-state index in [1.54, 1.807) is 57.3 Å². The molecule has 10 nitrogen and oxygen atoms in total. The number of aromatic nitrogens is 2. The molecule has 0 bridgehead atoms. The first kappa shape index (κ1) is 26.7. The minimum atomic E-state index is -3.49. The van der Waals surface area contributed by atoms with Gasteiger partial charge in [0, 0.05) is 16.6 Å². The van der Waals surface area contributed by atoms with Crippen molar-refractivity contribution in [3.05, 3.63) is 78.6 Å². The van der Waals surface area contributed by atoms with Gasteiger partial charge in [-0.2, -0.15) is 4.73 Å². The Hall–Kier alpha value is -4.38. The summed E-state index contributed by atoms with van der Waals surface area (Å²) >= 11 is 0. The first-order valence-corrected chi connectivity index (χ1v) is 13.6.